The molecule has 1 aromatic carbocycles. The zero-order valence-corrected chi connectivity index (χ0v) is 12.9. The number of aliphatic hydroxyl groups is 2. The van der Waals surface area contributed by atoms with Crippen LogP contribution in [-0.4, -0.2) is 14.8 Å². The molecule has 0 bridgehead atoms. The maximum absolute atomic E-state index is 13.8. The molecule has 0 saturated heterocycles. The third kappa shape index (κ3) is 1.82. The van der Waals surface area contributed by atoms with Crippen molar-refractivity contribution in [3.05, 3.63) is 43.0 Å². The lowest BCUT2D eigenvalue weighted by Gasteiger charge is -2.33. The summed E-state index contributed by atoms with van der Waals surface area (Å²) in [5.74, 6) is -0.536. The van der Waals surface area contributed by atoms with Crippen molar-refractivity contribution in [2.24, 2.45) is 0 Å². The topological polar surface area (TPSA) is 62.5 Å². The molecule has 6 heteroatoms. The number of nitrogens with zero attached hydrogens (tertiary/aromatic N) is 1. The Labute approximate surface area is 128 Å². The van der Waals surface area contributed by atoms with E-state index in [1.165, 1.54) is 12.1 Å². The van der Waals surface area contributed by atoms with Crippen LogP contribution in [0.2, 0.25) is 0 Å². The lowest BCUT2D eigenvalue weighted by atomic mass is 9.87. The number of pyridine rings is 1. The molecule has 0 spiro atoms. The molecule has 0 radical (unpaired) electrons. The van der Waals surface area contributed by atoms with Gasteiger partial charge < -0.3 is 14.8 Å². The smallest absolute Gasteiger partial charge is 0.203 e. The third-order valence-electron chi connectivity index (χ3n) is 3.92. The summed E-state index contributed by atoms with van der Waals surface area (Å²) in [6.07, 6.45) is 0.407. The van der Waals surface area contributed by atoms with Crippen molar-refractivity contribution in [3.8, 4) is 0 Å². The van der Waals surface area contributed by atoms with Crippen LogP contribution in [-0.2, 0) is 18.8 Å². The van der Waals surface area contributed by atoms with Crippen LogP contribution in [0.25, 0.3) is 10.9 Å². The second kappa shape index (κ2) is 4.51. The standard InChI is InChI=1S/C14H13FINO3/c1-14(20)2-3-17-10(6-18)11(16)13(19)8-4-7(15)5-9(14)12(8)17/h4-5,18,20H,2-3,6H2,1H3. The van der Waals surface area contributed by atoms with Gasteiger partial charge in [-0.3, -0.25) is 4.79 Å². The van der Waals surface area contributed by atoms with E-state index >= 15 is 0 Å². The molecule has 4 nitrogen and oxygen atoms in total. The average molecular weight is 389 g/mol. The van der Waals surface area contributed by atoms with Crippen molar-refractivity contribution >= 4 is 33.5 Å². The minimum absolute atomic E-state index is 0.251. The van der Waals surface area contributed by atoms with Crippen LogP contribution in [0.3, 0.4) is 0 Å². The Morgan fingerprint density at radius 1 is 1.50 bits per heavy atom. The van der Waals surface area contributed by atoms with E-state index in [1.807, 2.05) is 27.2 Å². The average Bonchev–Trinajstić information content (AvgIpc) is 2.39. The molecule has 2 N–H and O–H groups in total. The molecule has 0 saturated carbocycles. The van der Waals surface area contributed by atoms with Gasteiger partial charge in [-0.2, -0.15) is 0 Å². The van der Waals surface area contributed by atoms with E-state index in [-0.39, 0.29) is 17.4 Å². The molecule has 1 aromatic heterocycles. The first kappa shape index (κ1) is 14.0. The van der Waals surface area contributed by atoms with E-state index in [0.29, 0.717) is 33.3 Å². The van der Waals surface area contributed by atoms with Gasteiger partial charge >= 0.3 is 0 Å². The first-order valence-corrected chi connectivity index (χ1v) is 7.33. The Hall–Kier alpha value is -0.990. The predicted octanol–water partition coefficient (Wildman–Crippen LogP) is 1.85. The Balaban J connectivity index is 2.60. The van der Waals surface area contributed by atoms with Gasteiger partial charge in [0.15, 0.2) is 0 Å². The second-order valence-electron chi connectivity index (χ2n) is 5.27. The molecule has 0 fully saturated rings. The Morgan fingerprint density at radius 3 is 2.85 bits per heavy atom. The molecular weight excluding hydrogens is 376 g/mol. The summed E-state index contributed by atoms with van der Waals surface area (Å²) < 4.78 is 16.0. The van der Waals surface area contributed by atoms with Crippen molar-refractivity contribution in [2.75, 3.05) is 0 Å². The predicted molar refractivity (Wildman–Crippen MR) is 81.0 cm³/mol. The van der Waals surface area contributed by atoms with Crippen molar-refractivity contribution in [1.29, 1.82) is 0 Å². The number of hydrogen-bond donors (Lipinski definition) is 2. The molecule has 2 heterocycles. The molecule has 0 aliphatic carbocycles. The molecule has 106 valence electrons. The number of aromatic nitrogens is 1. The van der Waals surface area contributed by atoms with E-state index in [9.17, 15) is 19.4 Å². The van der Waals surface area contributed by atoms with E-state index in [1.54, 1.807) is 6.92 Å². The van der Waals surface area contributed by atoms with Crippen molar-refractivity contribution in [1.82, 2.24) is 4.57 Å². The largest absolute Gasteiger partial charge is 0.390 e. The quantitative estimate of drug-likeness (QED) is 0.732. The number of hydrogen-bond acceptors (Lipinski definition) is 3. The van der Waals surface area contributed by atoms with Gasteiger partial charge in [0.25, 0.3) is 0 Å². The molecule has 0 amide bonds. The first-order valence-electron chi connectivity index (χ1n) is 6.25. The Morgan fingerprint density at radius 2 is 2.20 bits per heavy atom. The van der Waals surface area contributed by atoms with Crippen LogP contribution >= 0.6 is 22.6 Å². The zero-order valence-electron chi connectivity index (χ0n) is 10.8. The van der Waals surface area contributed by atoms with Crippen LogP contribution in [0.5, 0.6) is 0 Å². The number of aliphatic hydroxyl groups excluding tert-OH is 1. The Bertz CT molecular complexity index is 782. The summed E-state index contributed by atoms with van der Waals surface area (Å²) in [5.41, 5.74) is -0.0309. The zero-order chi connectivity index (χ0) is 14.7. The second-order valence-corrected chi connectivity index (χ2v) is 6.35. The van der Waals surface area contributed by atoms with Gasteiger partial charge in [0.2, 0.25) is 5.43 Å². The van der Waals surface area contributed by atoms with Gasteiger partial charge in [-0.1, -0.05) is 0 Å². The summed E-state index contributed by atoms with van der Waals surface area (Å²) in [5, 5.41) is 20.2. The van der Waals surface area contributed by atoms with Crippen molar-refractivity contribution in [3.63, 3.8) is 0 Å². The molecule has 1 unspecified atom stereocenters. The van der Waals surface area contributed by atoms with Gasteiger partial charge in [0.1, 0.15) is 5.82 Å². The van der Waals surface area contributed by atoms with Crippen molar-refractivity contribution < 1.29 is 14.6 Å². The normalized spacial score (nSPS) is 21.4. The van der Waals surface area contributed by atoms with Crippen LogP contribution < -0.4 is 5.43 Å². The number of rotatable bonds is 1. The summed E-state index contributed by atoms with van der Waals surface area (Å²) in [6.45, 7) is 1.84. The van der Waals surface area contributed by atoms with Gasteiger partial charge in [0, 0.05) is 12.1 Å². The highest BCUT2D eigenvalue weighted by Crippen LogP contribution is 2.37. The van der Waals surface area contributed by atoms with E-state index in [0.717, 1.165) is 0 Å². The molecule has 1 aliphatic heterocycles. The molecule has 1 aliphatic rings. The fraction of sp³-hybridized carbons (Fsp3) is 0.357. The molecule has 3 rings (SSSR count). The summed E-state index contributed by atoms with van der Waals surface area (Å²) >= 11 is 1.88. The number of halogens is 2. The highest BCUT2D eigenvalue weighted by Gasteiger charge is 2.33. The highest BCUT2D eigenvalue weighted by atomic mass is 127. The monoisotopic (exact) mass is 389 g/mol. The number of benzene rings is 1. The van der Waals surface area contributed by atoms with E-state index in [2.05, 4.69) is 0 Å². The molecule has 1 atom stereocenters. The van der Waals surface area contributed by atoms with Crippen LogP contribution in [0.4, 0.5) is 4.39 Å². The molecular formula is C14H13FINO3. The lowest BCUT2D eigenvalue weighted by molar-refractivity contribution is 0.0385. The first-order chi connectivity index (χ1) is 9.36. The highest BCUT2D eigenvalue weighted by molar-refractivity contribution is 14.1. The fourth-order valence-corrected chi connectivity index (χ4v) is 3.59. The van der Waals surface area contributed by atoms with Gasteiger partial charge in [0.05, 0.1) is 32.4 Å². The van der Waals surface area contributed by atoms with E-state index < -0.39 is 11.4 Å². The maximum Gasteiger partial charge on any atom is 0.203 e. The molecule has 20 heavy (non-hydrogen) atoms. The van der Waals surface area contributed by atoms with Crippen LogP contribution in [0.1, 0.15) is 24.6 Å². The van der Waals surface area contributed by atoms with E-state index in [4.69, 9.17) is 0 Å². The maximum atomic E-state index is 13.8. The van der Waals surface area contributed by atoms with Crippen molar-refractivity contribution in [2.45, 2.75) is 32.1 Å². The Kier molecular flexibility index (Phi) is 3.15. The summed E-state index contributed by atoms with van der Waals surface area (Å²) in [4.78, 5) is 12.3. The fourth-order valence-electron chi connectivity index (χ4n) is 2.84. The third-order valence-corrected chi connectivity index (χ3v) is 5.03. The summed E-state index contributed by atoms with van der Waals surface area (Å²) in [7, 11) is 0. The van der Waals surface area contributed by atoms with Gasteiger partial charge in [-0.25, -0.2) is 4.39 Å². The molecule has 2 aromatic rings. The minimum Gasteiger partial charge on any atom is -0.390 e. The van der Waals surface area contributed by atoms with Crippen LogP contribution in [0, 0.1) is 9.39 Å². The van der Waals surface area contributed by atoms with Gasteiger partial charge in [-0.05, 0) is 48.1 Å². The summed E-state index contributed by atoms with van der Waals surface area (Å²) in [6, 6.07) is 2.47. The lowest BCUT2D eigenvalue weighted by Crippen LogP contribution is -2.33. The minimum atomic E-state index is -1.17. The van der Waals surface area contributed by atoms with Crippen LogP contribution in [0.15, 0.2) is 16.9 Å². The number of aryl methyl sites for hydroxylation is 1. The van der Waals surface area contributed by atoms with Gasteiger partial charge in [-0.15, -0.1) is 0 Å². The SMILES string of the molecule is CC1(O)CCn2c(CO)c(I)c(=O)c3cc(F)cc1c32.